The molecule has 0 fully saturated rings. The van der Waals surface area contributed by atoms with Crippen LogP contribution in [0.15, 0.2) is 47.1 Å². The highest BCUT2D eigenvalue weighted by atomic mass is 35.5. The second kappa shape index (κ2) is 6.87. The molecule has 0 aliphatic heterocycles. The van der Waals surface area contributed by atoms with Gasteiger partial charge in [-0.3, -0.25) is 25.8 Å². The van der Waals surface area contributed by atoms with Crippen LogP contribution in [0.25, 0.3) is 0 Å². The molecule has 108 valence electrons. The first-order chi connectivity index (χ1) is 10.1. The monoisotopic (exact) mass is 323 g/mol. The highest BCUT2D eigenvalue weighted by Crippen LogP contribution is 2.10. The van der Waals surface area contributed by atoms with E-state index < -0.39 is 11.8 Å². The highest BCUT2D eigenvalue weighted by molar-refractivity contribution is 7.80. The molecule has 0 bridgehead atoms. The lowest BCUT2D eigenvalue weighted by molar-refractivity contribution is 0.0927. The zero-order valence-corrected chi connectivity index (χ0v) is 12.1. The molecule has 2 amide bonds. The fourth-order valence-corrected chi connectivity index (χ4v) is 1.75. The molecule has 8 heteroatoms. The molecule has 0 saturated heterocycles. The number of carbonyl (C=O) groups is 2. The summed E-state index contributed by atoms with van der Waals surface area (Å²) in [7, 11) is 0. The van der Waals surface area contributed by atoms with Gasteiger partial charge in [0.1, 0.15) is 0 Å². The van der Waals surface area contributed by atoms with Gasteiger partial charge in [-0.05, 0) is 42.5 Å². The van der Waals surface area contributed by atoms with Gasteiger partial charge in [0.25, 0.3) is 11.8 Å². The number of amides is 2. The summed E-state index contributed by atoms with van der Waals surface area (Å²) in [4.78, 5) is 23.4. The molecule has 1 aromatic carbocycles. The van der Waals surface area contributed by atoms with Crippen LogP contribution in [0.3, 0.4) is 0 Å². The molecule has 6 nitrogen and oxygen atoms in total. The van der Waals surface area contributed by atoms with Gasteiger partial charge in [0.2, 0.25) is 0 Å². The normalized spacial score (nSPS) is 9.76. The lowest BCUT2D eigenvalue weighted by Crippen LogP contribution is -2.48. The minimum Gasteiger partial charge on any atom is -0.459 e. The molecule has 3 N–H and O–H groups in total. The maximum absolute atomic E-state index is 11.8. The smallest absolute Gasteiger partial charge is 0.293 e. The number of thiocarbonyl (C=S) groups is 1. The van der Waals surface area contributed by atoms with Crippen molar-refractivity contribution in [2.24, 2.45) is 0 Å². The van der Waals surface area contributed by atoms with Crippen molar-refractivity contribution >= 4 is 40.7 Å². The van der Waals surface area contributed by atoms with Gasteiger partial charge >= 0.3 is 0 Å². The summed E-state index contributed by atoms with van der Waals surface area (Å²) in [5.74, 6) is -0.845. The molecule has 0 spiro atoms. The van der Waals surface area contributed by atoms with Crippen LogP contribution < -0.4 is 16.2 Å². The maximum Gasteiger partial charge on any atom is 0.293 e. The Labute approximate surface area is 130 Å². The van der Waals surface area contributed by atoms with Crippen molar-refractivity contribution in [1.29, 1.82) is 0 Å². The van der Waals surface area contributed by atoms with Crippen molar-refractivity contribution in [3.63, 3.8) is 0 Å². The number of hydrazine groups is 1. The molecule has 21 heavy (non-hydrogen) atoms. The van der Waals surface area contributed by atoms with Gasteiger partial charge in [0.15, 0.2) is 10.9 Å². The molecule has 1 heterocycles. The van der Waals surface area contributed by atoms with E-state index in [-0.39, 0.29) is 10.9 Å². The van der Waals surface area contributed by atoms with Crippen molar-refractivity contribution in [3.8, 4) is 0 Å². The van der Waals surface area contributed by atoms with Gasteiger partial charge in [-0.25, -0.2) is 0 Å². The second-order valence-corrected chi connectivity index (χ2v) is 4.69. The summed E-state index contributed by atoms with van der Waals surface area (Å²) in [6.07, 6.45) is 1.37. The van der Waals surface area contributed by atoms with Gasteiger partial charge in [-0.1, -0.05) is 17.7 Å². The van der Waals surface area contributed by atoms with Gasteiger partial charge in [0, 0.05) is 10.6 Å². The Morgan fingerprint density at radius 1 is 1.10 bits per heavy atom. The first-order valence-electron chi connectivity index (χ1n) is 5.77. The van der Waals surface area contributed by atoms with E-state index >= 15 is 0 Å². The Balaban J connectivity index is 1.84. The zero-order valence-electron chi connectivity index (χ0n) is 10.6. The number of nitrogens with one attached hydrogen (secondary N) is 3. The second-order valence-electron chi connectivity index (χ2n) is 3.85. The molecule has 0 radical (unpaired) electrons. The summed E-state index contributed by atoms with van der Waals surface area (Å²) >= 11 is 10.7. The first kappa shape index (κ1) is 15.0. The van der Waals surface area contributed by atoms with Crippen LogP contribution in [0, 0.1) is 0 Å². The number of benzene rings is 1. The molecule has 0 aliphatic rings. The Morgan fingerprint density at radius 2 is 1.90 bits per heavy atom. The van der Waals surface area contributed by atoms with Crippen molar-refractivity contribution in [3.05, 3.63) is 59.0 Å². The van der Waals surface area contributed by atoms with Gasteiger partial charge < -0.3 is 4.42 Å². The summed E-state index contributed by atoms with van der Waals surface area (Å²) in [6, 6.07) is 9.46. The standard InChI is InChI=1S/C13H10ClN3O3S/c14-9-4-1-3-8(7-9)11(18)16-17-13(21)15-12(19)10-5-2-6-20-10/h1-7H,(H,16,18)(H2,15,17,19,21). The number of hydrogen-bond acceptors (Lipinski definition) is 4. The third-order valence-electron chi connectivity index (χ3n) is 2.35. The molecule has 0 atom stereocenters. The van der Waals surface area contributed by atoms with Crippen LogP contribution in [0.2, 0.25) is 5.02 Å². The van der Waals surface area contributed by atoms with Gasteiger partial charge in [0.05, 0.1) is 6.26 Å². The van der Waals surface area contributed by atoms with E-state index in [4.69, 9.17) is 28.2 Å². The van der Waals surface area contributed by atoms with Crippen molar-refractivity contribution in [1.82, 2.24) is 16.2 Å². The number of halogens is 1. The third-order valence-corrected chi connectivity index (χ3v) is 2.79. The van der Waals surface area contributed by atoms with Crippen LogP contribution in [0.5, 0.6) is 0 Å². The van der Waals surface area contributed by atoms with Crippen LogP contribution in [-0.4, -0.2) is 16.9 Å². The van der Waals surface area contributed by atoms with E-state index in [9.17, 15) is 9.59 Å². The zero-order chi connectivity index (χ0) is 15.2. The first-order valence-corrected chi connectivity index (χ1v) is 6.55. The molecule has 2 rings (SSSR count). The number of rotatable bonds is 2. The van der Waals surface area contributed by atoms with Gasteiger partial charge in [-0.15, -0.1) is 0 Å². The Hall–Kier alpha value is -2.38. The number of hydrogen-bond donors (Lipinski definition) is 3. The SMILES string of the molecule is O=C(NNC(=S)NC(=O)c1ccco1)c1cccc(Cl)c1. The maximum atomic E-state index is 11.8. The fourth-order valence-electron chi connectivity index (χ4n) is 1.42. The third kappa shape index (κ3) is 4.30. The Morgan fingerprint density at radius 3 is 2.57 bits per heavy atom. The molecule has 0 saturated carbocycles. The molecule has 1 aromatic heterocycles. The van der Waals surface area contributed by atoms with E-state index in [1.165, 1.54) is 18.4 Å². The quantitative estimate of drug-likeness (QED) is 0.580. The van der Waals surface area contributed by atoms with Crippen LogP contribution in [-0.2, 0) is 0 Å². The summed E-state index contributed by atoms with van der Waals surface area (Å²) in [6.45, 7) is 0. The average molecular weight is 324 g/mol. The molecular weight excluding hydrogens is 314 g/mol. The lowest BCUT2D eigenvalue weighted by atomic mass is 10.2. The highest BCUT2D eigenvalue weighted by Gasteiger charge is 2.11. The average Bonchev–Trinajstić information content (AvgIpc) is 2.99. The minimum absolute atomic E-state index is 0.0632. The molecule has 0 unspecified atom stereocenters. The molecule has 2 aromatic rings. The topological polar surface area (TPSA) is 83.4 Å². The van der Waals surface area contributed by atoms with Crippen LogP contribution in [0.1, 0.15) is 20.9 Å². The fraction of sp³-hybridized carbons (Fsp3) is 0. The number of furan rings is 1. The minimum atomic E-state index is -0.519. The van der Waals surface area contributed by atoms with E-state index in [0.717, 1.165) is 0 Å². The Kier molecular flexibility index (Phi) is 4.91. The largest absolute Gasteiger partial charge is 0.459 e. The van der Waals surface area contributed by atoms with E-state index in [0.29, 0.717) is 10.6 Å². The summed E-state index contributed by atoms with van der Waals surface area (Å²) < 4.78 is 4.90. The van der Waals surface area contributed by atoms with Gasteiger partial charge in [-0.2, -0.15) is 0 Å². The summed E-state index contributed by atoms with van der Waals surface area (Å²) in [5.41, 5.74) is 5.11. The van der Waals surface area contributed by atoms with Crippen LogP contribution >= 0.6 is 23.8 Å². The van der Waals surface area contributed by atoms with Crippen LogP contribution in [0.4, 0.5) is 0 Å². The molecular formula is C13H10ClN3O3S. The van der Waals surface area contributed by atoms with Crippen molar-refractivity contribution < 1.29 is 14.0 Å². The summed E-state index contributed by atoms with van der Waals surface area (Å²) in [5, 5.41) is 2.73. The van der Waals surface area contributed by atoms with Crippen molar-refractivity contribution in [2.45, 2.75) is 0 Å². The lowest BCUT2D eigenvalue weighted by Gasteiger charge is -2.10. The predicted octanol–water partition coefficient (Wildman–Crippen LogP) is 1.88. The van der Waals surface area contributed by atoms with Crippen molar-refractivity contribution in [2.75, 3.05) is 0 Å². The number of carbonyl (C=O) groups excluding carboxylic acids is 2. The van der Waals surface area contributed by atoms with E-state index in [1.54, 1.807) is 24.3 Å². The Bertz CT molecular complexity index is 673. The van der Waals surface area contributed by atoms with E-state index in [2.05, 4.69) is 16.2 Å². The molecule has 0 aliphatic carbocycles. The predicted molar refractivity (Wildman–Crippen MR) is 80.8 cm³/mol. The van der Waals surface area contributed by atoms with E-state index in [1.807, 2.05) is 0 Å².